The molecule has 0 bridgehead atoms. The molecule has 0 unspecified atom stereocenters. The number of rotatable bonds is 6. The Labute approximate surface area is 159 Å². The summed E-state index contributed by atoms with van der Waals surface area (Å²) in [6, 6.07) is 6.18. The molecule has 7 heteroatoms. The molecule has 2 atom stereocenters. The molecule has 1 saturated heterocycles. The summed E-state index contributed by atoms with van der Waals surface area (Å²) in [4.78, 5) is 19.2. The largest absolute Gasteiger partial charge is 0.329 e. The summed E-state index contributed by atoms with van der Waals surface area (Å²) in [5.74, 6) is 0.188. The topological polar surface area (TPSA) is 71.3 Å². The zero-order valence-corrected chi connectivity index (χ0v) is 16.1. The van der Waals surface area contributed by atoms with Crippen molar-refractivity contribution in [3.8, 4) is 11.4 Å². The summed E-state index contributed by atoms with van der Waals surface area (Å²) >= 11 is 0. The number of hydrogen-bond acceptors (Lipinski definition) is 5. The van der Waals surface area contributed by atoms with Crippen LogP contribution >= 0.6 is 0 Å². The third-order valence-electron chi connectivity index (χ3n) is 4.85. The van der Waals surface area contributed by atoms with Crippen molar-refractivity contribution in [1.82, 2.24) is 20.4 Å². The normalized spacial score (nSPS) is 20.3. The molecule has 1 aliphatic rings. The van der Waals surface area contributed by atoms with E-state index in [4.69, 9.17) is 4.52 Å². The van der Waals surface area contributed by atoms with Crippen molar-refractivity contribution in [2.24, 2.45) is 5.92 Å². The fourth-order valence-electron chi connectivity index (χ4n) is 3.56. The van der Waals surface area contributed by atoms with Crippen molar-refractivity contribution in [2.75, 3.05) is 13.1 Å². The maximum atomic E-state index is 13.1. The van der Waals surface area contributed by atoms with Gasteiger partial charge in [-0.2, -0.15) is 4.98 Å². The molecule has 1 aromatic carbocycles. The van der Waals surface area contributed by atoms with Gasteiger partial charge < -0.3 is 14.7 Å². The third-order valence-corrected chi connectivity index (χ3v) is 4.85. The van der Waals surface area contributed by atoms with Gasteiger partial charge in [0.2, 0.25) is 5.82 Å². The fraction of sp³-hybridized carbons (Fsp3) is 0.550. The number of carbonyl (C=O) groups is 1. The Hall–Kier alpha value is -2.28. The van der Waals surface area contributed by atoms with Crippen molar-refractivity contribution >= 4 is 5.91 Å². The second-order valence-electron chi connectivity index (χ2n) is 7.56. The van der Waals surface area contributed by atoms with E-state index in [9.17, 15) is 9.18 Å². The summed E-state index contributed by atoms with van der Waals surface area (Å²) in [6.45, 7) is 7.85. The zero-order chi connectivity index (χ0) is 19.4. The van der Waals surface area contributed by atoms with E-state index in [0.717, 1.165) is 25.8 Å². The Balaban J connectivity index is 1.79. The maximum absolute atomic E-state index is 13.1. The van der Waals surface area contributed by atoms with Crippen molar-refractivity contribution in [3.05, 3.63) is 36.0 Å². The lowest BCUT2D eigenvalue weighted by atomic mass is 9.97. The van der Waals surface area contributed by atoms with Crippen LogP contribution in [-0.2, 0) is 0 Å². The summed E-state index contributed by atoms with van der Waals surface area (Å²) in [7, 11) is 0. The van der Waals surface area contributed by atoms with Crippen molar-refractivity contribution in [2.45, 2.75) is 52.1 Å². The van der Waals surface area contributed by atoms with E-state index >= 15 is 0 Å². The number of halogens is 1. The minimum absolute atomic E-state index is 0.0137. The number of benzene rings is 1. The molecule has 1 N–H and O–H groups in total. The zero-order valence-electron chi connectivity index (χ0n) is 16.1. The Kier molecular flexibility index (Phi) is 6.21. The first-order chi connectivity index (χ1) is 13.0. The Morgan fingerprint density at radius 3 is 2.78 bits per heavy atom. The predicted octanol–water partition coefficient (Wildman–Crippen LogP) is 3.50. The van der Waals surface area contributed by atoms with Crippen molar-refractivity contribution in [1.29, 1.82) is 0 Å². The van der Waals surface area contributed by atoms with Crippen LogP contribution in [0.25, 0.3) is 11.4 Å². The Morgan fingerprint density at radius 2 is 2.11 bits per heavy atom. The summed E-state index contributed by atoms with van der Waals surface area (Å²) in [5, 5.41) is 7.45. The summed E-state index contributed by atoms with van der Waals surface area (Å²) in [6.07, 6.45) is 2.99. The van der Waals surface area contributed by atoms with Gasteiger partial charge in [0, 0.05) is 30.7 Å². The van der Waals surface area contributed by atoms with Gasteiger partial charge in [0.1, 0.15) is 5.82 Å². The van der Waals surface area contributed by atoms with Crippen LogP contribution in [0.15, 0.2) is 28.8 Å². The SMILES string of the molecule is CCC[C@H]1CN(C(=O)c2nc(-c3ccc(F)cc3)no2)[C@@H](CC(C)C)CN1. The van der Waals surface area contributed by atoms with Crippen LogP contribution in [0.3, 0.4) is 0 Å². The first-order valence-corrected chi connectivity index (χ1v) is 9.62. The number of piperazine rings is 1. The lowest BCUT2D eigenvalue weighted by Gasteiger charge is -2.40. The fourth-order valence-corrected chi connectivity index (χ4v) is 3.56. The number of carbonyl (C=O) groups excluding carboxylic acids is 1. The van der Waals surface area contributed by atoms with Crippen LogP contribution in [0.4, 0.5) is 4.39 Å². The average molecular weight is 374 g/mol. The highest BCUT2D eigenvalue weighted by molar-refractivity contribution is 5.90. The van der Waals surface area contributed by atoms with E-state index in [1.165, 1.54) is 12.1 Å². The first-order valence-electron chi connectivity index (χ1n) is 9.62. The van der Waals surface area contributed by atoms with Crippen LogP contribution in [0.1, 0.15) is 50.7 Å². The van der Waals surface area contributed by atoms with E-state index < -0.39 is 0 Å². The summed E-state index contributed by atoms with van der Waals surface area (Å²) in [5.41, 5.74) is 0.613. The Morgan fingerprint density at radius 1 is 1.37 bits per heavy atom. The lowest BCUT2D eigenvalue weighted by Crippen LogP contribution is -2.58. The van der Waals surface area contributed by atoms with E-state index in [0.29, 0.717) is 23.9 Å². The predicted molar refractivity (Wildman–Crippen MR) is 101 cm³/mol. The smallest absolute Gasteiger partial charge is 0.316 e. The van der Waals surface area contributed by atoms with E-state index in [1.807, 2.05) is 4.90 Å². The molecule has 1 amide bonds. The Bertz CT molecular complexity index is 760. The van der Waals surface area contributed by atoms with Crippen LogP contribution in [-0.4, -0.2) is 46.1 Å². The molecule has 146 valence electrons. The number of aromatic nitrogens is 2. The molecule has 0 radical (unpaired) electrons. The number of nitrogens with zero attached hydrogens (tertiary/aromatic N) is 3. The van der Waals surface area contributed by atoms with Crippen LogP contribution in [0.2, 0.25) is 0 Å². The number of amides is 1. The van der Waals surface area contributed by atoms with E-state index in [1.54, 1.807) is 12.1 Å². The van der Waals surface area contributed by atoms with Gasteiger partial charge in [-0.25, -0.2) is 4.39 Å². The molecule has 3 rings (SSSR count). The van der Waals surface area contributed by atoms with Crippen molar-refractivity contribution < 1.29 is 13.7 Å². The molecule has 1 fully saturated rings. The first kappa shape index (κ1) is 19.5. The molecule has 6 nitrogen and oxygen atoms in total. The second-order valence-corrected chi connectivity index (χ2v) is 7.56. The van der Waals surface area contributed by atoms with Gasteiger partial charge >= 0.3 is 11.8 Å². The molecule has 2 heterocycles. The monoisotopic (exact) mass is 374 g/mol. The second kappa shape index (κ2) is 8.61. The van der Waals surface area contributed by atoms with Crippen LogP contribution in [0.5, 0.6) is 0 Å². The number of hydrogen-bond donors (Lipinski definition) is 1. The van der Waals surface area contributed by atoms with Gasteiger partial charge in [0.15, 0.2) is 0 Å². The van der Waals surface area contributed by atoms with E-state index in [-0.39, 0.29) is 29.7 Å². The number of nitrogens with one attached hydrogen (secondary N) is 1. The van der Waals surface area contributed by atoms with Gasteiger partial charge in [0.25, 0.3) is 0 Å². The minimum Gasteiger partial charge on any atom is -0.329 e. The quantitative estimate of drug-likeness (QED) is 0.838. The summed E-state index contributed by atoms with van der Waals surface area (Å²) < 4.78 is 18.3. The van der Waals surface area contributed by atoms with Gasteiger partial charge in [-0.3, -0.25) is 4.79 Å². The van der Waals surface area contributed by atoms with Gasteiger partial charge in [-0.1, -0.05) is 32.3 Å². The van der Waals surface area contributed by atoms with Crippen LogP contribution < -0.4 is 5.32 Å². The highest BCUT2D eigenvalue weighted by atomic mass is 19.1. The van der Waals surface area contributed by atoms with Gasteiger partial charge in [0.05, 0.1) is 0 Å². The standard InChI is InChI=1S/C20H27FN4O2/c1-4-5-16-12-25(17(11-22-16)10-13(2)3)20(26)19-23-18(24-27-19)14-6-8-15(21)9-7-14/h6-9,13,16-17,22H,4-5,10-12H2,1-3H3/t16-,17-/m0/s1. The molecule has 0 aliphatic carbocycles. The molecular formula is C20H27FN4O2. The lowest BCUT2D eigenvalue weighted by molar-refractivity contribution is 0.0498. The van der Waals surface area contributed by atoms with Gasteiger partial charge in [-0.15, -0.1) is 0 Å². The highest BCUT2D eigenvalue weighted by Crippen LogP contribution is 2.21. The van der Waals surface area contributed by atoms with Crippen molar-refractivity contribution in [3.63, 3.8) is 0 Å². The molecule has 0 saturated carbocycles. The third kappa shape index (κ3) is 4.71. The highest BCUT2D eigenvalue weighted by Gasteiger charge is 2.34. The molecule has 27 heavy (non-hydrogen) atoms. The molecular weight excluding hydrogens is 347 g/mol. The van der Waals surface area contributed by atoms with Gasteiger partial charge in [-0.05, 0) is 43.0 Å². The molecule has 0 spiro atoms. The minimum atomic E-state index is -0.335. The molecule has 1 aliphatic heterocycles. The van der Waals surface area contributed by atoms with E-state index in [2.05, 4.69) is 36.2 Å². The average Bonchev–Trinajstić information content (AvgIpc) is 3.13. The molecule has 1 aromatic heterocycles. The maximum Gasteiger partial charge on any atom is 0.316 e. The van der Waals surface area contributed by atoms with Crippen LogP contribution in [0, 0.1) is 11.7 Å². The molecule has 2 aromatic rings.